The summed E-state index contributed by atoms with van der Waals surface area (Å²) in [5.41, 5.74) is 4.09. The van der Waals surface area contributed by atoms with E-state index in [9.17, 15) is 10.1 Å². The highest BCUT2D eigenvalue weighted by atomic mass is 35.5. The first-order chi connectivity index (χ1) is 12.9. The lowest BCUT2D eigenvalue weighted by molar-refractivity contribution is 0.102. The van der Waals surface area contributed by atoms with Crippen molar-refractivity contribution in [2.75, 3.05) is 5.32 Å². The van der Waals surface area contributed by atoms with Gasteiger partial charge in [-0.2, -0.15) is 5.26 Å². The molecule has 0 atom stereocenters. The number of nitrogens with zero attached hydrogens (tertiary/aromatic N) is 1. The number of aromatic amines is 1. The Balaban J connectivity index is 2.21. The van der Waals surface area contributed by atoms with Crippen molar-refractivity contribution in [2.45, 2.75) is 13.8 Å². The number of anilines is 1. The Morgan fingerprint density at radius 2 is 1.81 bits per heavy atom. The van der Waals surface area contributed by atoms with Gasteiger partial charge in [0.2, 0.25) is 0 Å². The molecule has 0 fully saturated rings. The number of halogens is 1. The molecule has 0 unspecified atom stereocenters. The maximum atomic E-state index is 13.1. The third kappa shape index (κ3) is 3.77. The summed E-state index contributed by atoms with van der Waals surface area (Å²) in [4.78, 5) is 16.1. The molecule has 3 aromatic rings. The summed E-state index contributed by atoms with van der Waals surface area (Å²) in [6, 6.07) is 16.6. The fraction of sp³-hybridized carbons (Fsp3) is 0.0952. The van der Waals surface area contributed by atoms with Gasteiger partial charge in [-0.25, -0.2) is 0 Å². The predicted molar refractivity (Wildman–Crippen MR) is 111 cm³/mol. The zero-order chi connectivity index (χ0) is 19.6. The molecule has 2 N–H and O–H groups in total. The van der Waals surface area contributed by atoms with E-state index in [4.69, 9.17) is 23.8 Å². The molecular formula is C21H16ClN3OS. The van der Waals surface area contributed by atoms with Crippen LogP contribution in [0.3, 0.4) is 0 Å². The number of H-pyrrole nitrogens is 1. The van der Waals surface area contributed by atoms with Gasteiger partial charge in [0.15, 0.2) is 0 Å². The highest BCUT2D eigenvalue weighted by molar-refractivity contribution is 7.71. The Bertz CT molecular complexity index is 1130. The molecule has 1 amide bonds. The number of hydrogen-bond donors (Lipinski definition) is 2. The number of carbonyl (C=O) groups excluding carboxylic acids is 1. The Labute approximate surface area is 167 Å². The number of amides is 1. The van der Waals surface area contributed by atoms with Crippen LogP contribution in [0, 0.1) is 29.8 Å². The number of para-hydroxylation sites is 1. The number of aryl methyl sites for hydroxylation is 2. The standard InChI is InChI=1S/C21H16ClN3OS/c1-12-5-3-4-6-17(12)25-20(26)18-13(2)24-21(27)16(11-23)19(18)14-7-9-15(22)10-8-14/h3-10H,1-2H3,(H,24,27)(H,25,26). The summed E-state index contributed by atoms with van der Waals surface area (Å²) < 4.78 is 0.299. The van der Waals surface area contributed by atoms with Crippen LogP contribution in [0.1, 0.15) is 27.2 Å². The molecule has 0 aliphatic rings. The average Bonchev–Trinajstić information content (AvgIpc) is 2.63. The molecule has 0 radical (unpaired) electrons. The van der Waals surface area contributed by atoms with Crippen molar-refractivity contribution in [3.05, 3.63) is 80.6 Å². The molecule has 0 bridgehead atoms. The molecule has 0 spiro atoms. The largest absolute Gasteiger partial charge is 0.348 e. The van der Waals surface area contributed by atoms with Gasteiger partial charge >= 0.3 is 0 Å². The first-order valence-corrected chi connectivity index (χ1v) is 9.01. The van der Waals surface area contributed by atoms with E-state index in [1.165, 1.54) is 0 Å². The van der Waals surface area contributed by atoms with Crippen LogP contribution in [0.2, 0.25) is 5.02 Å². The molecule has 4 nitrogen and oxygen atoms in total. The van der Waals surface area contributed by atoms with Gasteiger partial charge in [0.25, 0.3) is 5.91 Å². The van der Waals surface area contributed by atoms with E-state index in [-0.39, 0.29) is 11.5 Å². The van der Waals surface area contributed by atoms with E-state index >= 15 is 0 Å². The molecular weight excluding hydrogens is 378 g/mol. The number of benzene rings is 2. The molecule has 3 rings (SSSR count). The molecule has 6 heteroatoms. The lowest BCUT2D eigenvalue weighted by Crippen LogP contribution is -2.17. The van der Waals surface area contributed by atoms with Crippen molar-refractivity contribution in [2.24, 2.45) is 0 Å². The first-order valence-electron chi connectivity index (χ1n) is 8.22. The Morgan fingerprint density at radius 1 is 1.15 bits per heavy atom. The Kier molecular flexibility index (Phi) is 5.41. The fourth-order valence-corrected chi connectivity index (χ4v) is 3.34. The monoisotopic (exact) mass is 393 g/mol. The Hall–Kier alpha value is -2.94. The topological polar surface area (TPSA) is 68.7 Å². The second-order valence-corrected chi connectivity index (χ2v) is 6.94. The van der Waals surface area contributed by atoms with Crippen LogP contribution in [0.5, 0.6) is 0 Å². The zero-order valence-corrected chi connectivity index (χ0v) is 16.3. The number of nitrogens with one attached hydrogen (secondary N) is 2. The van der Waals surface area contributed by atoms with Crippen molar-refractivity contribution >= 4 is 35.4 Å². The minimum Gasteiger partial charge on any atom is -0.348 e. The summed E-state index contributed by atoms with van der Waals surface area (Å²) in [6.45, 7) is 3.69. The minimum atomic E-state index is -0.311. The van der Waals surface area contributed by atoms with E-state index in [0.717, 1.165) is 5.56 Å². The second kappa shape index (κ2) is 7.75. The minimum absolute atomic E-state index is 0.257. The van der Waals surface area contributed by atoms with Gasteiger partial charge in [0, 0.05) is 22.0 Å². The maximum absolute atomic E-state index is 13.1. The SMILES string of the molecule is Cc1ccccc1NC(=O)c1c(C)[nH]c(=S)c(C#N)c1-c1ccc(Cl)cc1. The summed E-state index contributed by atoms with van der Waals surface area (Å²) in [5.74, 6) is -0.311. The van der Waals surface area contributed by atoms with Crippen LogP contribution < -0.4 is 5.32 Å². The van der Waals surface area contributed by atoms with Gasteiger partial charge in [-0.3, -0.25) is 4.79 Å². The van der Waals surface area contributed by atoms with E-state index in [1.54, 1.807) is 31.2 Å². The third-order valence-electron chi connectivity index (χ3n) is 4.27. The quantitative estimate of drug-likeness (QED) is 0.552. The molecule has 0 aliphatic heterocycles. The number of hydrogen-bond acceptors (Lipinski definition) is 3. The van der Waals surface area contributed by atoms with Crippen LogP contribution in [-0.2, 0) is 0 Å². The van der Waals surface area contributed by atoms with Crippen LogP contribution >= 0.6 is 23.8 Å². The van der Waals surface area contributed by atoms with E-state index < -0.39 is 0 Å². The molecule has 2 aromatic carbocycles. The second-order valence-electron chi connectivity index (χ2n) is 6.09. The maximum Gasteiger partial charge on any atom is 0.258 e. The van der Waals surface area contributed by atoms with Crippen molar-refractivity contribution < 1.29 is 4.79 Å². The lowest BCUT2D eigenvalue weighted by atomic mass is 9.94. The Morgan fingerprint density at radius 3 is 2.44 bits per heavy atom. The number of aromatic nitrogens is 1. The summed E-state index contributed by atoms with van der Waals surface area (Å²) in [6.07, 6.45) is 0. The van der Waals surface area contributed by atoms with Crippen LogP contribution in [0.25, 0.3) is 11.1 Å². The van der Waals surface area contributed by atoms with Crippen molar-refractivity contribution in [3.8, 4) is 17.2 Å². The lowest BCUT2D eigenvalue weighted by Gasteiger charge is -2.16. The van der Waals surface area contributed by atoms with Crippen LogP contribution in [-0.4, -0.2) is 10.9 Å². The summed E-state index contributed by atoms with van der Waals surface area (Å²) in [7, 11) is 0. The number of carbonyl (C=O) groups is 1. The first kappa shape index (κ1) is 18.8. The van der Waals surface area contributed by atoms with Gasteiger partial charge in [-0.15, -0.1) is 0 Å². The normalized spacial score (nSPS) is 10.3. The molecule has 0 saturated carbocycles. The molecule has 1 aromatic heterocycles. The van der Waals surface area contributed by atoms with Gasteiger partial charge in [-0.1, -0.05) is 54.2 Å². The van der Waals surface area contributed by atoms with E-state index in [2.05, 4.69) is 16.4 Å². The summed E-state index contributed by atoms with van der Waals surface area (Å²) >= 11 is 11.3. The fourth-order valence-electron chi connectivity index (χ4n) is 2.92. The van der Waals surface area contributed by atoms with E-state index in [0.29, 0.717) is 37.7 Å². The van der Waals surface area contributed by atoms with E-state index in [1.807, 2.05) is 31.2 Å². The van der Waals surface area contributed by atoms with Crippen molar-refractivity contribution in [1.82, 2.24) is 4.98 Å². The predicted octanol–water partition coefficient (Wildman–Crippen LogP) is 5.81. The number of pyridine rings is 1. The van der Waals surface area contributed by atoms with Gasteiger partial charge in [-0.05, 0) is 43.2 Å². The summed E-state index contributed by atoms with van der Waals surface area (Å²) in [5, 5.41) is 13.2. The molecule has 134 valence electrons. The van der Waals surface area contributed by atoms with Crippen molar-refractivity contribution in [3.63, 3.8) is 0 Å². The number of rotatable bonds is 3. The van der Waals surface area contributed by atoms with Gasteiger partial charge in [0.1, 0.15) is 10.7 Å². The molecule has 0 saturated heterocycles. The molecule has 27 heavy (non-hydrogen) atoms. The van der Waals surface area contributed by atoms with Crippen LogP contribution in [0.15, 0.2) is 48.5 Å². The molecule has 0 aliphatic carbocycles. The highest BCUT2D eigenvalue weighted by Gasteiger charge is 2.22. The highest BCUT2D eigenvalue weighted by Crippen LogP contribution is 2.31. The van der Waals surface area contributed by atoms with Gasteiger partial charge < -0.3 is 10.3 Å². The average molecular weight is 394 g/mol. The smallest absolute Gasteiger partial charge is 0.258 e. The van der Waals surface area contributed by atoms with Gasteiger partial charge in [0.05, 0.1) is 11.1 Å². The zero-order valence-electron chi connectivity index (χ0n) is 14.8. The molecule has 1 heterocycles. The van der Waals surface area contributed by atoms with Crippen molar-refractivity contribution in [1.29, 1.82) is 5.26 Å². The number of nitriles is 1. The third-order valence-corrected chi connectivity index (χ3v) is 4.83. The van der Waals surface area contributed by atoms with Crippen LogP contribution in [0.4, 0.5) is 5.69 Å².